The molecule has 6 heteroatoms. The summed E-state index contributed by atoms with van der Waals surface area (Å²) in [5.74, 6) is -0.637. The SMILES string of the molecule is CCOc1ccc(N2C(=O)C(Nc3ccc(F)cc3)=C(c3ccc(C)cc3)C2=O)cc1. The number of aryl methyl sites for hydroxylation is 1. The Labute approximate surface area is 179 Å². The highest BCUT2D eigenvalue weighted by Crippen LogP contribution is 2.34. The van der Waals surface area contributed by atoms with E-state index in [2.05, 4.69) is 5.32 Å². The van der Waals surface area contributed by atoms with Crippen molar-refractivity contribution in [3.63, 3.8) is 0 Å². The molecule has 0 saturated heterocycles. The van der Waals surface area contributed by atoms with Crippen molar-refractivity contribution < 1.29 is 18.7 Å². The lowest BCUT2D eigenvalue weighted by Gasteiger charge is -2.16. The van der Waals surface area contributed by atoms with Crippen LogP contribution in [0.25, 0.3) is 5.57 Å². The number of ether oxygens (including phenoxy) is 1. The van der Waals surface area contributed by atoms with Crippen molar-refractivity contribution in [3.8, 4) is 5.75 Å². The molecule has 0 bridgehead atoms. The summed E-state index contributed by atoms with van der Waals surface area (Å²) in [6.07, 6.45) is 0. The van der Waals surface area contributed by atoms with Crippen LogP contribution in [0, 0.1) is 12.7 Å². The summed E-state index contributed by atoms with van der Waals surface area (Å²) in [5.41, 5.74) is 3.03. The lowest BCUT2D eigenvalue weighted by atomic mass is 10.0. The topological polar surface area (TPSA) is 58.6 Å². The van der Waals surface area contributed by atoms with Gasteiger partial charge in [-0.25, -0.2) is 9.29 Å². The van der Waals surface area contributed by atoms with E-state index in [1.807, 2.05) is 38.1 Å². The molecule has 31 heavy (non-hydrogen) atoms. The maximum Gasteiger partial charge on any atom is 0.282 e. The van der Waals surface area contributed by atoms with Crippen LogP contribution in [0.2, 0.25) is 0 Å². The summed E-state index contributed by atoms with van der Waals surface area (Å²) >= 11 is 0. The van der Waals surface area contributed by atoms with E-state index in [4.69, 9.17) is 4.74 Å². The Kier molecular flexibility index (Phi) is 5.54. The molecular formula is C25H21FN2O3. The summed E-state index contributed by atoms with van der Waals surface area (Å²) in [7, 11) is 0. The average molecular weight is 416 g/mol. The number of nitrogens with one attached hydrogen (secondary N) is 1. The maximum atomic E-state index is 13.4. The molecule has 1 aliphatic rings. The Morgan fingerprint density at radius 1 is 0.871 bits per heavy atom. The number of hydrogen-bond acceptors (Lipinski definition) is 4. The van der Waals surface area contributed by atoms with Crippen LogP contribution in [0.3, 0.4) is 0 Å². The summed E-state index contributed by atoms with van der Waals surface area (Å²) in [6.45, 7) is 4.35. The van der Waals surface area contributed by atoms with E-state index in [-0.39, 0.29) is 17.1 Å². The average Bonchev–Trinajstić information content (AvgIpc) is 3.01. The highest BCUT2D eigenvalue weighted by atomic mass is 19.1. The second-order valence-electron chi connectivity index (χ2n) is 7.12. The van der Waals surface area contributed by atoms with Crippen LogP contribution in [-0.4, -0.2) is 18.4 Å². The third-order valence-corrected chi connectivity index (χ3v) is 4.94. The predicted molar refractivity (Wildman–Crippen MR) is 118 cm³/mol. The number of nitrogens with zero attached hydrogens (tertiary/aromatic N) is 1. The van der Waals surface area contributed by atoms with Gasteiger partial charge in [-0.2, -0.15) is 0 Å². The van der Waals surface area contributed by atoms with Gasteiger partial charge < -0.3 is 10.1 Å². The van der Waals surface area contributed by atoms with Crippen molar-refractivity contribution in [2.45, 2.75) is 13.8 Å². The van der Waals surface area contributed by atoms with Gasteiger partial charge in [-0.05, 0) is 67.9 Å². The first-order chi connectivity index (χ1) is 15.0. The first-order valence-electron chi connectivity index (χ1n) is 9.93. The molecule has 0 spiro atoms. The third kappa shape index (κ3) is 4.05. The molecule has 0 saturated carbocycles. The van der Waals surface area contributed by atoms with Crippen molar-refractivity contribution in [2.75, 3.05) is 16.8 Å². The number of rotatable bonds is 6. The Morgan fingerprint density at radius 2 is 1.52 bits per heavy atom. The van der Waals surface area contributed by atoms with Crippen LogP contribution in [0.5, 0.6) is 5.75 Å². The lowest BCUT2D eigenvalue weighted by Crippen LogP contribution is -2.32. The first kappa shape index (κ1) is 20.3. The van der Waals surface area contributed by atoms with Gasteiger partial charge in [0.25, 0.3) is 11.8 Å². The quantitative estimate of drug-likeness (QED) is 0.579. The van der Waals surface area contributed by atoms with Gasteiger partial charge >= 0.3 is 0 Å². The van der Waals surface area contributed by atoms with E-state index in [9.17, 15) is 14.0 Å². The smallest absolute Gasteiger partial charge is 0.282 e. The monoisotopic (exact) mass is 416 g/mol. The van der Waals surface area contributed by atoms with Crippen molar-refractivity contribution in [2.24, 2.45) is 0 Å². The standard InChI is InChI=1S/C25H21FN2O3/c1-3-31-21-14-12-20(13-15-21)28-24(29)22(17-6-4-16(2)5-7-17)23(25(28)30)27-19-10-8-18(26)9-11-19/h4-15,27H,3H2,1-2H3. The number of carbonyl (C=O) groups is 2. The number of hydrogen-bond donors (Lipinski definition) is 1. The fraction of sp³-hybridized carbons (Fsp3) is 0.120. The van der Waals surface area contributed by atoms with Crippen molar-refractivity contribution in [1.29, 1.82) is 0 Å². The molecule has 1 N–H and O–H groups in total. The van der Waals surface area contributed by atoms with Gasteiger partial charge in [0.05, 0.1) is 17.9 Å². The molecule has 1 aliphatic heterocycles. The number of anilines is 2. The van der Waals surface area contributed by atoms with Crippen molar-refractivity contribution >= 4 is 28.8 Å². The second kappa shape index (κ2) is 8.44. The number of carbonyl (C=O) groups excluding carboxylic acids is 2. The number of halogens is 1. The summed E-state index contributed by atoms with van der Waals surface area (Å²) in [6, 6.07) is 19.8. The Balaban J connectivity index is 1.75. The zero-order valence-electron chi connectivity index (χ0n) is 17.2. The number of amides is 2. The fourth-order valence-corrected chi connectivity index (χ4v) is 3.40. The molecule has 1 heterocycles. The Hall–Kier alpha value is -3.93. The van der Waals surface area contributed by atoms with Crippen LogP contribution in [0.4, 0.5) is 15.8 Å². The molecule has 5 nitrogen and oxygen atoms in total. The molecule has 0 atom stereocenters. The van der Waals surface area contributed by atoms with E-state index < -0.39 is 11.8 Å². The van der Waals surface area contributed by atoms with Crippen LogP contribution in [-0.2, 0) is 9.59 Å². The molecule has 2 amide bonds. The van der Waals surface area contributed by atoms with Crippen LogP contribution in [0.15, 0.2) is 78.5 Å². The van der Waals surface area contributed by atoms with Gasteiger partial charge in [0.15, 0.2) is 0 Å². The zero-order valence-corrected chi connectivity index (χ0v) is 17.2. The molecule has 0 aliphatic carbocycles. The summed E-state index contributed by atoms with van der Waals surface area (Å²) < 4.78 is 18.8. The van der Waals surface area contributed by atoms with E-state index in [0.717, 1.165) is 10.5 Å². The molecule has 4 rings (SSSR count). The van der Waals surface area contributed by atoms with Gasteiger partial charge in [0.2, 0.25) is 0 Å². The Bertz CT molecular complexity index is 1150. The van der Waals surface area contributed by atoms with Gasteiger partial charge in [-0.3, -0.25) is 9.59 Å². The van der Waals surface area contributed by atoms with Crippen LogP contribution < -0.4 is 15.0 Å². The van der Waals surface area contributed by atoms with Crippen LogP contribution >= 0.6 is 0 Å². The molecular weight excluding hydrogens is 395 g/mol. The van der Waals surface area contributed by atoms with Crippen LogP contribution in [0.1, 0.15) is 18.1 Å². The molecule has 0 fully saturated rings. The number of imide groups is 1. The van der Waals surface area contributed by atoms with E-state index in [0.29, 0.717) is 29.3 Å². The van der Waals surface area contributed by atoms with E-state index in [1.165, 1.54) is 24.3 Å². The first-order valence-corrected chi connectivity index (χ1v) is 9.93. The van der Waals surface area contributed by atoms with E-state index >= 15 is 0 Å². The highest BCUT2D eigenvalue weighted by Gasteiger charge is 2.40. The van der Waals surface area contributed by atoms with Crippen molar-refractivity contribution in [3.05, 3.63) is 95.4 Å². The minimum Gasteiger partial charge on any atom is -0.494 e. The van der Waals surface area contributed by atoms with Crippen molar-refractivity contribution in [1.82, 2.24) is 0 Å². The minimum atomic E-state index is -0.478. The van der Waals surface area contributed by atoms with Gasteiger partial charge in [0, 0.05) is 5.69 Å². The van der Waals surface area contributed by atoms with Gasteiger partial charge in [-0.15, -0.1) is 0 Å². The minimum absolute atomic E-state index is 0.148. The largest absolute Gasteiger partial charge is 0.494 e. The second-order valence-corrected chi connectivity index (χ2v) is 7.12. The van der Waals surface area contributed by atoms with Gasteiger partial charge in [-0.1, -0.05) is 29.8 Å². The highest BCUT2D eigenvalue weighted by molar-refractivity contribution is 6.46. The zero-order chi connectivity index (χ0) is 22.0. The summed E-state index contributed by atoms with van der Waals surface area (Å²) in [4.78, 5) is 27.8. The normalized spacial score (nSPS) is 13.7. The Morgan fingerprint density at radius 3 is 2.13 bits per heavy atom. The maximum absolute atomic E-state index is 13.4. The molecule has 0 unspecified atom stereocenters. The summed E-state index contributed by atoms with van der Waals surface area (Å²) in [5, 5.41) is 3.02. The lowest BCUT2D eigenvalue weighted by molar-refractivity contribution is -0.120. The van der Waals surface area contributed by atoms with Gasteiger partial charge in [0.1, 0.15) is 17.3 Å². The fourth-order valence-electron chi connectivity index (χ4n) is 3.40. The molecule has 0 aromatic heterocycles. The number of benzene rings is 3. The predicted octanol–water partition coefficient (Wildman–Crippen LogP) is 4.93. The molecule has 3 aromatic rings. The third-order valence-electron chi connectivity index (χ3n) is 4.94. The molecule has 0 radical (unpaired) electrons. The molecule has 3 aromatic carbocycles. The van der Waals surface area contributed by atoms with E-state index in [1.54, 1.807) is 24.3 Å². The molecule has 156 valence electrons.